The Morgan fingerprint density at radius 2 is 2.28 bits per heavy atom. The highest BCUT2D eigenvalue weighted by molar-refractivity contribution is 7.07. The Balaban J connectivity index is 2.17. The predicted molar refractivity (Wildman–Crippen MR) is 76.1 cm³/mol. The highest BCUT2D eigenvalue weighted by atomic mass is 32.1. The average molecular weight is 269 g/mol. The van der Waals surface area contributed by atoms with E-state index in [1.165, 1.54) is 5.56 Å². The molecule has 1 aromatic rings. The smallest absolute Gasteiger partial charge is 0.309 e. The first-order valence-corrected chi connectivity index (χ1v) is 7.34. The SMILES string of the molecule is CC(CCc1ccsc1)NCCC(C)(C)C(=O)O. The van der Waals surface area contributed by atoms with E-state index in [0.29, 0.717) is 12.5 Å². The Hall–Kier alpha value is -0.870. The summed E-state index contributed by atoms with van der Waals surface area (Å²) in [7, 11) is 0. The predicted octanol–water partition coefficient (Wildman–Crippen LogP) is 3.16. The first kappa shape index (κ1) is 15.2. The molecule has 0 amide bonds. The Bertz CT molecular complexity index is 360. The van der Waals surface area contributed by atoms with Gasteiger partial charge in [-0.15, -0.1) is 0 Å². The summed E-state index contributed by atoms with van der Waals surface area (Å²) >= 11 is 1.73. The molecule has 0 saturated heterocycles. The van der Waals surface area contributed by atoms with Crippen LogP contribution in [0.15, 0.2) is 16.8 Å². The van der Waals surface area contributed by atoms with Gasteiger partial charge in [-0.25, -0.2) is 0 Å². The molecule has 0 aliphatic rings. The van der Waals surface area contributed by atoms with Crippen LogP contribution in [0.2, 0.25) is 0 Å². The van der Waals surface area contributed by atoms with Crippen molar-refractivity contribution in [2.75, 3.05) is 6.54 Å². The van der Waals surface area contributed by atoms with Gasteiger partial charge >= 0.3 is 5.97 Å². The largest absolute Gasteiger partial charge is 0.481 e. The van der Waals surface area contributed by atoms with Crippen molar-refractivity contribution in [3.8, 4) is 0 Å². The van der Waals surface area contributed by atoms with Crippen molar-refractivity contribution in [1.82, 2.24) is 5.32 Å². The molecule has 102 valence electrons. The molecule has 1 heterocycles. The number of carboxylic acid groups (broad SMARTS) is 1. The Morgan fingerprint density at radius 3 is 2.83 bits per heavy atom. The summed E-state index contributed by atoms with van der Waals surface area (Å²) < 4.78 is 0. The minimum absolute atomic E-state index is 0.425. The van der Waals surface area contributed by atoms with Gasteiger partial charge in [0, 0.05) is 6.04 Å². The van der Waals surface area contributed by atoms with Crippen LogP contribution >= 0.6 is 11.3 Å². The molecule has 0 aliphatic heterocycles. The topological polar surface area (TPSA) is 49.3 Å². The molecule has 0 bridgehead atoms. The van der Waals surface area contributed by atoms with Gasteiger partial charge in [0.25, 0.3) is 0 Å². The average Bonchev–Trinajstić information content (AvgIpc) is 2.78. The highest BCUT2D eigenvalue weighted by Gasteiger charge is 2.26. The third-order valence-corrected chi connectivity index (χ3v) is 4.00. The molecule has 0 saturated carbocycles. The number of aliphatic carboxylic acids is 1. The second-order valence-electron chi connectivity index (χ2n) is 5.46. The molecule has 1 rings (SSSR count). The van der Waals surface area contributed by atoms with Crippen LogP contribution in [0.4, 0.5) is 0 Å². The first-order chi connectivity index (χ1) is 8.42. The zero-order valence-electron chi connectivity index (χ0n) is 11.4. The molecule has 2 N–H and O–H groups in total. The van der Waals surface area contributed by atoms with Crippen molar-refractivity contribution in [3.05, 3.63) is 22.4 Å². The number of hydrogen-bond acceptors (Lipinski definition) is 3. The lowest BCUT2D eigenvalue weighted by Gasteiger charge is -2.21. The highest BCUT2D eigenvalue weighted by Crippen LogP contribution is 2.19. The number of carbonyl (C=O) groups is 1. The lowest BCUT2D eigenvalue weighted by atomic mass is 9.89. The molecule has 1 aromatic heterocycles. The molecule has 1 unspecified atom stereocenters. The Morgan fingerprint density at radius 1 is 1.56 bits per heavy atom. The number of aryl methyl sites for hydroxylation is 1. The van der Waals surface area contributed by atoms with E-state index in [2.05, 4.69) is 29.1 Å². The lowest BCUT2D eigenvalue weighted by molar-refractivity contribution is -0.147. The zero-order chi connectivity index (χ0) is 13.6. The van der Waals surface area contributed by atoms with Gasteiger partial charge in [0.2, 0.25) is 0 Å². The number of carboxylic acids is 1. The van der Waals surface area contributed by atoms with Crippen molar-refractivity contribution in [3.63, 3.8) is 0 Å². The monoisotopic (exact) mass is 269 g/mol. The van der Waals surface area contributed by atoms with Crippen LogP contribution in [0.25, 0.3) is 0 Å². The van der Waals surface area contributed by atoms with Gasteiger partial charge in [0.05, 0.1) is 5.41 Å². The molecular weight excluding hydrogens is 246 g/mol. The van der Waals surface area contributed by atoms with E-state index < -0.39 is 11.4 Å². The van der Waals surface area contributed by atoms with Crippen molar-refractivity contribution < 1.29 is 9.90 Å². The van der Waals surface area contributed by atoms with Gasteiger partial charge in [-0.2, -0.15) is 11.3 Å². The van der Waals surface area contributed by atoms with E-state index in [4.69, 9.17) is 5.11 Å². The number of hydrogen-bond donors (Lipinski definition) is 2. The minimum Gasteiger partial charge on any atom is -0.481 e. The molecule has 18 heavy (non-hydrogen) atoms. The maximum Gasteiger partial charge on any atom is 0.309 e. The quantitative estimate of drug-likeness (QED) is 0.762. The van der Waals surface area contributed by atoms with Crippen LogP contribution < -0.4 is 5.32 Å². The standard InChI is InChI=1S/C14H23NO2S/c1-11(4-5-12-6-9-18-10-12)15-8-7-14(2,3)13(16)17/h6,9-11,15H,4-5,7-8H2,1-3H3,(H,16,17). The fraction of sp³-hybridized carbons (Fsp3) is 0.643. The molecule has 0 aromatic carbocycles. The molecule has 1 atom stereocenters. The van der Waals surface area contributed by atoms with Crippen molar-refractivity contribution in [2.45, 2.75) is 46.1 Å². The third-order valence-electron chi connectivity index (χ3n) is 3.27. The Labute approximate surface area is 113 Å². The molecule has 0 aliphatic carbocycles. The number of nitrogens with one attached hydrogen (secondary N) is 1. The summed E-state index contributed by atoms with van der Waals surface area (Å²) in [6.07, 6.45) is 2.83. The van der Waals surface area contributed by atoms with Gasteiger partial charge in [-0.05, 0) is 69.0 Å². The summed E-state index contributed by atoms with van der Waals surface area (Å²) in [5, 5.41) is 16.7. The lowest BCUT2D eigenvalue weighted by Crippen LogP contribution is -2.33. The molecule has 0 fully saturated rings. The summed E-state index contributed by atoms with van der Waals surface area (Å²) in [6, 6.07) is 2.58. The van der Waals surface area contributed by atoms with Gasteiger partial charge in [-0.1, -0.05) is 0 Å². The van der Waals surface area contributed by atoms with Gasteiger partial charge in [0.15, 0.2) is 0 Å². The number of thiophene rings is 1. The van der Waals surface area contributed by atoms with E-state index in [9.17, 15) is 4.79 Å². The molecule has 3 nitrogen and oxygen atoms in total. The summed E-state index contributed by atoms with van der Waals surface area (Å²) in [6.45, 7) is 6.45. The van der Waals surface area contributed by atoms with E-state index in [1.807, 2.05) is 0 Å². The fourth-order valence-corrected chi connectivity index (χ4v) is 2.36. The van der Waals surface area contributed by atoms with Gasteiger partial charge < -0.3 is 10.4 Å². The van der Waals surface area contributed by atoms with Gasteiger partial charge in [-0.3, -0.25) is 4.79 Å². The minimum atomic E-state index is -0.727. The van der Waals surface area contributed by atoms with Crippen LogP contribution in [-0.2, 0) is 11.2 Å². The van der Waals surface area contributed by atoms with E-state index >= 15 is 0 Å². The van der Waals surface area contributed by atoms with Crippen LogP contribution in [-0.4, -0.2) is 23.7 Å². The fourth-order valence-electron chi connectivity index (χ4n) is 1.66. The molecule has 0 spiro atoms. The van der Waals surface area contributed by atoms with Gasteiger partial charge in [0.1, 0.15) is 0 Å². The van der Waals surface area contributed by atoms with Crippen molar-refractivity contribution in [1.29, 1.82) is 0 Å². The summed E-state index contributed by atoms with van der Waals surface area (Å²) in [5.74, 6) is -0.727. The summed E-state index contributed by atoms with van der Waals surface area (Å²) in [4.78, 5) is 11.0. The van der Waals surface area contributed by atoms with Crippen LogP contribution in [0, 0.1) is 5.41 Å². The maximum atomic E-state index is 11.0. The van der Waals surface area contributed by atoms with Crippen LogP contribution in [0.3, 0.4) is 0 Å². The van der Waals surface area contributed by atoms with E-state index in [1.54, 1.807) is 25.2 Å². The molecule has 4 heteroatoms. The summed E-state index contributed by atoms with van der Waals surface area (Å²) in [5.41, 5.74) is 0.750. The molecule has 0 radical (unpaired) electrons. The molecular formula is C14H23NO2S. The van der Waals surface area contributed by atoms with Crippen LogP contribution in [0.5, 0.6) is 0 Å². The second-order valence-corrected chi connectivity index (χ2v) is 6.24. The van der Waals surface area contributed by atoms with E-state index in [-0.39, 0.29) is 0 Å². The van der Waals surface area contributed by atoms with Crippen LogP contribution in [0.1, 0.15) is 39.2 Å². The Kier molecular flexibility index (Phi) is 5.82. The first-order valence-electron chi connectivity index (χ1n) is 6.39. The van der Waals surface area contributed by atoms with E-state index in [0.717, 1.165) is 19.4 Å². The number of rotatable bonds is 8. The second kappa shape index (κ2) is 6.90. The normalized spacial score (nSPS) is 13.5. The maximum absolute atomic E-state index is 11.0. The van der Waals surface area contributed by atoms with Crippen molar-refractivity contribution >= 4 is 17.3 Å². The zero-order valence-corrected chi connectivity index (χ0v) is 12.2. The third kappa shape index (κ3) is 5.19. The van der Waals surface area contributed by atoms with Crippen molar-refractivity contribution in [2.24, 2.45) is 5.41 Å².